The van der Waals surface area contributed by atoms with Gasteiger partial charge in [0.15, 0.2) is 0 Å². The van der Waals surface area contributed by atoms with Gasteiger partial charge < -0.3 is 4.74 Å². The summed E-state index contributed by atoms with van der Waals surface area (Å²) in [5.74, 6) is 0.758. The molecule has 1 aromatic carbocycles. The minimum absolute atomic E-state index is 0.137. The molecule has 0 spiro atoms. The molecule has 0 saturated carbocycles. The van der Waals surface area contributed by atoms with Gasteiger partial charge in [-0.05, 0) is 25.0 Å². The number of hydrogen-bond donors (Lipinski definition) is 1. The molecule has 0 atom stereocenters. The average molecular weight is 336 g/mol. The van der Waals surface area contributed by atoms with Crippen LogP contribution < -0.4 is 4.72 Å². The van der Waals surface area contributed by atoms with Gasteiger partial charge in [-0.1, -0.05) is 23.7 Å². The second-order valence-corrected chi connectivity index (χ2v) is 8.06. The molecule has 0 radical (unpaired) electrons. The molecule has 4 nitrogen and oxygen atoms in total. The van der Waals surface area contributed by atoms with E-state index in [0.29, 0.717) is 11.8 Å². The maximum atomic E-state index is 12.1. The molecule has 0 aliphatic carbocycles. The van der Waals surface area contributed by atoms with Crippen LogP contribution in [0.3, 0.4) is 0 Å². The van der Waals surface area contributed by atoms with Crippen molar-refractivity contribution in [2.24, 2.45) is 0 Å². The molecule has 1 fully saturated rings. The predicted molar refractivity (Wildman–Crippen MR) is 82.9 cm³/mol. The van der Waals surface area contributed by atoms with E-state index in [1.807, 2.05) is 0 Å². The van der Waals surface area contributed by atoms with Crippen molar-refractivity contribution in [3.8, 4) is 0 Å². The standard InChI is InChI=1S/C13H18ClNO3S2/c14-12-3-1-2-4-13(12)20(16,17)15-7-10-19-11-5-8-18-9-6-11/h1-4,11,15H,5-10H2. The highest BCUT2D eigenvalue weighted by atomic mass is 35.5. The molecule has 1 N–H and O–H groups in total. The summed E-state index contributed by atoms with van der Waals surface area (Å²) in [5, 5.41) is 0.825. The Kier molecular flexibility index (Phi) is 6.17. The first-order chi connectivity index (χ1) is 9.59. The summed E-state index contributed by atoms with van der Waals surface area (Å²) in [7, 11) is -3.51. The van der Waals surface area contributed by atoms with Crippen LogP contribution in [-0.2, 0) is 14.8 Å². The first-order valence-electron chi connectivity index (χ1n) is 6.53. The maximum Gasteiger partial charge on any atom is 0.242 e. The van der Waals surface area contributed by atoms with Gasteiger partial charge in [0.1, 0.15) is 4.90 Å². The van der Waals surface area contributed by atoms with E-state index in [1.165, 1.54) is 6.07 Å². The fourth-order valence-electron chi connectivity index (χ4n) is 1.98. The molecule has 0 amide bonds. The Balaban J connectivity index is 1.79. The van der Waals surface area contributed by atoms with E-state index in [9.17, 15) is 8.42 Å². The summed E-state index contributed by atoms with van der Waals surface area (Å²) >= 11 is 7.70. The molecule has 20 heavy (non-hydrogen) atoms. The molecule has 2 rings (SSSR count). The van der Waals surface area contributed by atoms with Crippen LogP contribution in [-0.4, -0.2) is 39.2 Å². The quantitative estimate of drug-likeness (QED) is 0.812. The van der Waals surface area contributed by atoms with Gasteiger partial charge in [0.2, 0.25) is 10.0 Å². The fraction of sp³-hybridized carbons (Fsp3) is 0.538. The maximum absolute atomic E-state index is 12.1. The molecule has 1 heterocycles. The van der Waals surface area contributed by atoms with Crippen LogP contribution in [0.15, 0.2) is 29.2 Å². The lowest BCUT2D eigenvalue weighted by Crippen LogP contribution is -2.27. The number of halogens is 1. The molecule has 0 bridgehead atoms. The van der Waals surface area contributed by atoms with Gasteiger partial charge >= 0.3 is 0 Å². The van der Waals surface area contributed by atoms with E-state index in [1.54, 1.807) is 30.0 Å². The van der Waals surface area contributed by atoms with Gasteiger partial charge in [-0.2, -0.15) is 11.8 Å². The highest BCUT2D eigenvalue weighted by Crippen LogP contribution is 2.22. The third kappa shape index (κ3) is 4.63. The Hall–Kier alpha value is -0.270. The fourth-order valence-corrected chi connectivity index (χ4v) is 4.74. The average Bonchev–Trinajstić information content (AvgIpc) is 2.45. The summed E-state index contributed by atoms with van der Waals surface area (Å²) in [6, 6.07) is 6.46. The molecule has 0 unspecified atom stereocenters. The van der Waals surface area contributed by atoms with E-state index in [2.05, 4.69) is 4.72 Å². The smallest absolute Gasteiger partial charge is 0.242 e. The lowest BCUT2D eigenvalue weighted by atomic mass is 10.2. The van der Waals surface area contributed by atoms with Crippen LogP contribution in [0.4, 0.5) is 0 Å². The van der Waals surface area contributed by atoms with Crippen LogP contribution in [0, 0.1) is 0 Å². The van der Waals surface area contributed by atoms with Crippen molar-refractivity contribution >= 4 is 33.4 Å². The van der Waals surface area contributed by atoms with E-state index in [4.69, 9.17) is 16.3 Å². The topological polar surface area (TPSA) is 55.4 Å². The summed E-state index contributed by atoms with van der Waals surface area (Å²) in [6.45, 7) is 2.03. The molecule has 1 aliphatic rings. The number of hydrogen-bond acceptors (Lipinski definition) is 4. The largest absolute Gasteiger partial charge is 0.381 e. The van der Waals surface area contributed by atoms with Crippen molar-refractivity contribution in [3.63, 3.8) is 0 Å². The third-order valence-electron chi connectivity index (χ3n) is 3.04. The number of benzene rings is 1. The lowest BCUT2D eigenvalue weighted by Gasteiger charge is -2.21. The van der Waals surface area contributed by atoms with Crippen LogP contribution >= 0.6 is 23.4 Å². The van der Waals surface area contributed by atoms with Gasteiger partial charge in [-0.25, -0.2) is 13.1 Å². The van der Waals surface area contributed by atoms with E-state index in [0.717, 1.165) is 31.8 Å². The molecule has 112 valence electrons. The zero-order valence-corrected chi connectivity index (χ0v) is 13.4. The Morgan fingerprint density at radius 1 is 1.30 bits per heavy atom. The summed E-state index contributed by atoms with van der Waals surface area (Å²) in [6.07, 6.45) is 2.09. The van der Waals surface area contributed by atoms with E-state index in [-0.39, 0.29) is 9.92 Å². The Labute approximate surface area is 129 Å². The van der Waals surface area contributed by atoms with Crippen molar-refractivity contribution in [3.05, 3.63) is 29.3 Å². The van der Waals surface area contributed by atoms with Crippen molar-refractivity contribution in [1.29, 1.82) is 0 Å². The first kappa shape index (κ1) is 16.1. The SMILES string of the molecule is O=S(=O)(NCCSC1CCOCC1)c1ccccc1Cl. The first-order valence-corrected chi connectivity index (χ1v) is 9.44. The van der Waals surface area contributed by atoms with Crippen LogP contribution in [0.5, 0.6) is 0 Å². The molecule has 1 saturated heterocycles. The van der Waals surface area contributed by atoms with Gasteiger partial charge in [0.25, 0.3) is 0 Å². The van der Waals surface area contributed by atoms with E-state index >= 15 is 0 Å². The van der Waals surface area contributed by atoms with Crippen molar-refractivity contribution < 1.29 is 13.2 Å². The van der Waals surface area contributed by atoms with Gasteiger partial charge in [-0.3, -0.25) is 0 Å². The summed E-state index contributed by atoms with van der Waals surface area (Å²) in [5.41, 5.74) is 0. The monoisotopic (exact) mass is 335 g/mol. The second kappa shape index (κ2) is 7.66. The third-order valence-corrected chi connectivity index (χ3v) is 6.39. The minimum Gasteiger partial charge on any atom is -0.381 e. The van der Waals surface area contributed by atoms with Crippen molar-refractivity contribution in [2.75, 3.05) is 25.5 Å². The Morgan fingerprint density at radius 3 is 2.70 bits per heavy atom. The van der Waals surface area contributed by atoms with Crippen molar-refractivity contribution in [2.45, 2.75) is 23.0 Å². The summed E-state index contributed by atoms with van der Waals surface area (Å²) in [4.78, 5) is 0.137. The normalized spacial score (nSPS) is 17.2. The Bertz CT molecular complexity index is 530. The number of ether oxygens (including phenoxy) is 1. The van der Waals surface area contributed by atoms with Gasteiger partial charge in [0.05, 0.1) is 5.02 Å². The van der Waals surface area contributed by atoms with Crippen LogP contribution in [0.25, 0.3) is 0 Å². The van der Waals surface area contributed by atoms with Gasteiger partial charge in [-0.15, -0.1) is 0 Å². The highest BCUT2D eigenvalue weighted by molar-refractivity contribution is 8.00. The number of nitrogens with one attached hydrogen (secondary N) is 1. The van der Waals surface area contributed by atoms with Crippen molar-refractivity contribution in [1.82, 2.24) is 4.72 Å². The molecule has 1 aromatic rings. The molecule has 0 aromatic heterocycles. The molecule has 7 heteroatoms. The number of thioether (sulfide) groups is 1. The van der Waals surface area contributed by atoms with Crippen LogP contribution in [0.1, 0.15) is 12.8 Å². The molecular formula is C13H18ClNO3S2. The highest BCUT2D eigenvalue weighted by Gasteiger charge is 2.18. The van der Waals surface area contributed by atoms with Gasteiger partial charge in [0, 0.05) is 30.8 Å². The zero-order chi connectivity index (χ0) is 14.4. The number of rotatable bonds is 6. The minimum atomic E-state index is -3.51. The van der Waals surface area contributed by atoms with Crippen LogP contribution in [0.2, 0.25) is 5.02 Å². The molecular weight excluding hydrogens is 318 g/mol. The van der Waals surface area contributed by atoms with E-state index < -0.39 is 10.0 Å². The summed E-state index contributed by atoms with van der Waals surface area (Å²) < 4.78 is 32.0. The lowest BCUT2D eigenvalue weighted by molar-refractivity contribution is 0.100. The zero-order valence-electron chi connectivity index (χ0n) is 11.0. The second-order valence-electron chi connectivity index (χ2n) is 4.51. The Morgan fingerprint density at radius 2 is 2.00 bits per heavy atom. The predicted octanol–water partition coefficient (Wildman–Crippen LogP) is 2.53. The molecule has 1 aliphatic heterocycles. The number of sulfonamides is 1.